The maximum Gasteiger partial charge on any atom is 0.194 e. The molecule has 0 atom stereocenters. The van der Waals surface area contributed by atoms with Crippen LogP contribution in [0.2, 0.25) is 0 Å². The Balaban J connectivity index is 1.71. The number of rotatable bonds is 3. The van der Waals surface area contributed by atoms with E-state index in [1.165, 1.54) is 31.7 Å². The van der Waals surface area contributed by atoms with Crippen molar-refractivity contribution in [1.82, 2.24) is 10.2 Å². The highest BCUT2D eigenvalue weighted by atomic mass is 19.1. The first-order valence-corrected chi connectivity index (χ1v) is 8.09. The molecule has 1 N–H and O–H groups in total. The molecular formula is C17H23F2N3. The molecule has 0 amide bonds. The van der Waals surface area contributed by atoms with Crippen LogP contribution in [0, 0.1) is 17.0 Å². The first kappa shape index (κ1) is 15.3. The monoisotopic (exact) mass is 307 g/mol. The van der Waals surface area contributed by atoms with Crippen molar-refractivity contribution in [3.63, 3.8) is 0 Å². The van der Waals surface area contributed by atoms with Crippen molar-refractivity contribution < 1.29 is 8.78 Å². The molecule has 3 nitrogen and oxygen atoms in total. The van der Waals surface area contributed by atoms with Crippen LogP contribution < -0.4 is 5.32 Å². The van der Waals surface area contributed by atoms with Crippen molar-refractivity contribution in [2.24, 2.45) is 10.4 Å². The van der Waals surface area contributed by atoms with Crippen LogP contribution in [0.4, 0.5) is 8.78 Å². The Hall–Kier alpha value is -1.65. The quantitative estimate of drug-likeness (QED) is 0.685. The third-order valence-corrected chi connectivity index (χ3v) is 4.89. The second-order valence-electron chi connectivity index (χ2n) is 6.43. The van der Waals surface area contributed by atoms with Gasteiger partial charge in [0, 0.05) is 25.2 Å². The van der Waals surface area contributed by atoms with E-state index in [0.29, 0.717) is 11.0 Å². The van der Waals surface area contributed by atoms with E-state index >= 15 is 0 Å². The number of nitrogens with one attached hydrogen (secondary N) is 1. The fourth-order valence-electron chi connectivity index (χ4n) is 3.45. The van der Waals surface area contributed by atoms with Gasteiger partial charge in [-0.25, -0.2) is 13.8 Å². The molecule has 2 fully saturated rings. The van der Waals surface area contributed by atoms with Gasteiger partial charge < -0.3 is 10.2 Å². The summed E-state index contributed by atoms with van der Waals surface area (Å²) >= 11 is 0. The fourth-order valence-corrected chi connectivity index (χ4v) is 3.45. The molecule has 0 unspecified atom stereocenters. The Morgan fingerprint density at radius 2 is 2.14 bits per heavy atom. The summed E-state index contributed by atoms with van der Waals surface area (Å²) < 4.78 is 26.9. The summed E-state index contributed by atoms with van der Waals surface area (Å²) in [6, 6.07) is 3.51. The molecule has 3 rings (SSSR count). The summed E-state index contributed by atoms with van der Waals surface area (Å²) in [7, 11) is 0. The summed E-state index contributed by atoms with van der Waals surface area (Å²) in [6.45, 7) is 4.98. The van der Waals surface area contributed by atoms with Gasteiger partial charge in [0.05, 0.1) is 6.54 Å². The highest BCUT2D eigenvalue weighted by molar-refractivity contribution is 5.80. The lowest BCUT2D eigenvalue weighted by atomic mass is 9.68. The predicted molar refractivity (Wildman–Crippen MR) is 83.6 cm³/mol. The fraction of sp³-hybridized carbons (Fsp3) is 0.588. The molecule has 1 spiro atoms. The maximum absolute atomic E-state index is 13.7. The highest BCUT2D eigenvalue weighted by Gasteiger charge is 2.43. The largest absolute Gasteiger partial charge is 0.357 e. The minimum atomic E-state index is -0.425. The number of hydrogen-bond donors (Lipinski definition) is 1. The van der Waals surface area contributed by atoms with Crippen LogP contribution >= 0.6 is 0 Å². The van der Waals surface area contributed by atoms with Gasteiger partial charge in [0.2, 0.25) is 0 Å². The molecule has 1 aromatic rings. The zero-order chi connectivity index (χ0) is 15.6. The summed E-state index contributed by atoms with van der Waals surface area (Å²) in [6.07, 6.45) is 5.16. The first-order valence-electron chi connectivity index (χ1n) is 8.09. The van der Waals surface area contributed by atoms with Gasteiger partial charge >= 0.3 is 0 Å². The predicted octanol–water partition coefficient (Wildman–Crippen LogP) is 3.31. The van der Waals surface area contributed by atoms with Crippen molar-refractivity contribution >= 4 is 5.96 Å². The van der Waals surface area contributed by atoms with Gasteiger partial charge in [-0.05, 0) is 49.8 Å². The van der Waals surface area contributed by atoms with E-state index in [0.717, 1.165) is 37.7 Å². The lowest BCUT2D eigenvalue weighted by Crippen LogP contribution is -2.42. The number of likely N-dealkylation sites (tertiary alicyclic amines) is 1. The molecule has 1 aromatic carbocycles. The molecule has 0 radical (unpaired) electrons. The Labute approximate surface area is 130 Å². The molecule has 0 aromatic heterocycles. The van der Waals surface area contributed by atoms with Crippen molar-refractivity contribution in [3.05, 3.63) is 35.4 Å². The minimum absolute atomic E-state index is 0.162. The molecule has 1 aliphatic carbocycles. The Morgan fingerprint density at radius 3 is 2.77 bits per heavy atom. The van der Waals surface area contributed by atoms with Gasteiger partial charge in [-0.1, -0.05) is 6.42 Å². The summed E-state index contributed by atoms with van der Waals surface area (Å²) in [5.41, 5.74) is 0.785. The highest BCUT2D eigenvalue weighted by Crippen LogP contribution is 2.47. The van der Waals surface area contributed by atoms with Crippen LogP contribution in [0.5, 0.6) is 0 Å². The van der Waals surface area contributed by atoms with Gasteiger partial charge in [-0.2, -0.15) is 0 Å². The Morgan fingerprint density at radius 1 is 1.32 bits per heavy atom. The molecule has 1 heterocycles. The van der Waals surface area contributed by atoms with Crippen LogP contribution in [0.1, 0.15) is 38.2 Å². The summed E-state index contributed by atoms with van der Waals surface area (Å²) in [5.74, 6) is -0.0148. The number of hydrogen-bond acceptors (Lipinski definition) is 1. The second kappa shape index (κ2) is 6.23. The lowest BCUT2D eigenvalue weighted by Gasteiger charge is -2.38. The van der Waals surface area contributed by atoms with Crippen molar-refractivity contribution in [2.45, 2.75) is 39.2 Å². The van der Waals surface area contributed by atoms with E-state index in [1.54, 1.807) is 0 Å². The van der Waals surface area contributed by atoms with E-state index < -0.39 is 11.6 Å². The van der Waals surface area contributed by atoms with E-state index in [9.17, 15) is 8.78 Å². The topological polar surface area (TPSA) is 27.6 Å². The second-order valence-corrected chi connectivity index (χ2v) is 6.43. The Bertz CT molecular complexity index is 567. The van der Waals surface area contributed by atoms with E-state index in [2.05, 4.69) is 15.2 Å². The molecule has 0 bridgehead atoms. The lowest BCUT2D eigenvalue weighted by molar-refractivity contribution is 0.151. The number of nitrogens with zero attached hydrogens (tertiary/aromatic N) is 2. The third kappa shape index (κ3) is 3.08. The van der Waals surface area contributed by atoms with Crippen LogP contribution in [0.15, 0.2) is 23.2 Å². The maximum atomic E-state index is 13.7. The molecule has 1 aliphatic heterocycles. The molecule has 22 heavy (non-hydrogen) atoms. The standard InChI is InChI=1S/C17H23F2N3/c1-2-20-16(22-9-8-17(12-22)6-3-7-17)21-11-13-10-14(18)4-5-15(13)19/h4-5,10H,2-3,6-9,11-12H2,1H3,(H,20,21). The van der Waals surface area contributed by atoms with Gasteiger partial charge in [-0.15, -0.1) is 0 Å². The zero-order valence-corrected chi connectivity index (χ0v) is 13.0. The first-order chi connectivity index (χ1) is 10.6. The van der Waals surface area contributed by atoms with Gasteiger partial charge in [0.1, 0.15) is 11.6 Å². The van der Waals surface area contributed by atoms with Crippen molar-refractivity contribution in [2.75, 3.05) is 19.6 Å². The normalized spacial score (nSPS) is 20.3. The Kier molecular flexibility index (Phi) is 4.32. The molecule has 5 heteroatoms. The third-order valence-electron chi connectivity index (χ3n) is 4.89. The molecule has 1 saturated heterocycles. The van der Waals surface area contributed by atoms with E-state index in [-0.39, 0.29) is 6.54 Å². The summed E-state index contributed by atoms with van der Waals surface area (Å²) in [4.78, 5) is 6.78. The minimum Gasteiger partial charge on any atom is -0.357 e. The van der Waals surface area contributed by atoms with Crippen LogP contribution in [0.25, 0.3) is 0 Å². The van der Waals surface area contributed by atoms with Crippen LogP contribution in [-0.2, 0) is 6.54 Å². The van der Waals surface area contributed by atoms with Crippen LogP contribution in [0.3, 0.4) is 0 Å². The number of aliphatic imine (C=N–C) groups is 1. The van der Waals surface area contributed by atoms with Gasteiger partial charge in [-0.3, -0.25) is 0 Å². The average molecular weight is 307 g/mol. The van der Waals surface area contributed by atoms with Gasteiger partial charge in [0.15, 0.2) is 5.96 Å². The molecule has 1 saturated carbocycles. The number of benzene rings is 1. The zero-order valence-electron chi connectivity index (χ0n) is 13.0. The molecular weight excluding hydrogens is 284 g/mol. The number of halogens is 2. The summed E-state index contributed by atoms with van der Waals surface area (Å²) in [5, 5.41) is 3.27. The van der Waals surface area contributed by atoms with E-state index in [4.69, 9.17) is 0 Å². The number of guanidine groups is 1. The average Bonchev–Trinajstić information content (AvgIpc) is 2.92. The van der Waals surface area contributed by atoms with Crippen molar-refractivity contribution in [1.29, 1.82) is 0 Å². The molecule has 120 valence electrons. The van der Waals surface area contributed by atoms with Gasteiger partial charge in [0.25, 0.3) is 0 Å². The smallest absolute Gasteiger partial charge is 0.194 e. The van der Waals surface area contributed by atoms with E-state index in [1.807, 2.05) is 6.92 Å². The SMILES string of the molecule is CCNC(=NCc1cc(F)ccc1F)N1CCC2(CCC2)C1. The molecule has 2 aliphatic rings. The van der Waals surface area contributed by atoms with Crippen molar-refractivity contribution in [3.8, 4) is 0 Å². The van der Waals surface area contributed by atoms with Crippen LogP contribution in [-0.4, -0.2) is 30.5 Å².